The molecule has 1 saturated carbocycles. The lowest BCUT2D eigenvalue weighted by Gasteiger charge is -2.19. The SMILES string of the molecule is Cc1cc(C(=O)COC(=O)CN2C(=O)[C@H]3CCCC[C@H]3C2=O)c(C)n1C. The molecule has 2 amide bonds. The molecule has 1 aliphatic carbocycles. The summed E-state index contributed by atoms with van der Waals surface area (Å²) in [4.78, 5) is 50.1. The monoisotopic (exact) mass is 360 g/mol. The molecule has 0 N–H and O–H groups in total. The van der Waals surface area contributed by atoms with Gasteiger partial charge in [-0.2, -0.15) is 0 Å². The molecule has 0 spiro atoms. The molecule has 3 rings (SSSR count). The molecule has 7 nitrogen and oxygen atoms in total. The van der Waals surface area contributed by atoms with Gasteiger partial charge in [-0.3, -0.25) is 24.1 Å². The van der Waals surface area contributed by atoms with Crippen molar-refractivity contribution in [3.8, 4) is 0 Å². The second-order valence-corrected chi connectivity index (χ2v) is 7.19. The first-order valence-electron chi connectivity index (χ1n) is 8.98. The van der Waals surface area contributed by atoms with Crippen LogP contribution in [0, 0.1) is 25.7 Å². The second-order valence-electron chi connectivity index (χ2n) is 7.19. The van der Waals surface area contributed by atoms with E-state index in [9.17, 15) is 19.2 Å². The summed E-state index contributed by atoms with van der Waals surface area (Å²) in [5.74, 6) is -2.17. The van der Waals surface area contributed by atoms with E-state index in [1.807, 2.05) is 25.5 Å². The highest BCUT2D eigenvalue weighted by Crippen LogP contribution is 2.37. The third-order valence-corrected chi connectivity index (χ3v) is 5.66. The number of hydrogen-bond donors (Lipinski definition) is 0. The maximum absolute atomic E-state index is 12.4. The topological polar surface area (TPSA) is 85.7 Å². The van der Waals surface area contributed by atoms with Gasteiger partial charge in [0.1, 0.15) is 6.54 Å². The lowest BCUT2D eigenvalue weighted by molar-refractivity contribution is -0.152. The molecule has 140 valence electrons. The van der Waals surface area contributed by atoms with Crippen LogP contribution in [-0.2, 0) is 26.2 Å². The number of nitrogens with zero attached hydrogens (tertiary/aromatic N) is 2. The van der Waals surface area contributed by atoms with Gasteiger partial charge in [-0.25, -0.2) is 0 Å². The van der Waals surface area contributed by atoms with E-state index in [0.29, 0.717) is 18.4 Å². The molecule has 0 aromatic carbocycles. The standard InChI is InChI=1S/C19H24N2O5/c1-11-8-15(12(2)20(11)3)16(22)10-26-17(23)9-21-18(24)13-6-4-5-7-14(13)19(21)25/h8,13-14H,4-7,9-10H2,1-3H3/t13-,14+. The number of ketones is 1. The van der Waals surface area contributed by atoms with Gasteiger partial charge >= 0.3 is 5.97 Å². The van der Waals surface area contributed by atoms with Crippen LogP contribution in [0.25, 0.3) is 0 Å². The number of carbonyl (C=O) groups excluding carboxylic acids is 4. The fourth-order valence-electron chi connectivity index (χ4n) is 3.92. The third-order valence-electron chi connectivity index (χ3n) is 5.66. The van der Waals surface area contributed by atoms with E-state index in [4.69, 9.17) is 4.74 Å². The zero-order valence-electron chi connectivity index (χ0n) is 15.4. The molecule has 1 aromatic heterocycles. The lowest BCUT2D eigenvalue weighted by Crippen LogP contribution is -2.37. The van der Waals surface area contributed by atoms with E-state index < -0.39 is 19.1 Å². The summed E-state index contributed by atoms with van der Waals surface area (Å²) in [6.07, 6.45) is 3.27. The van der Waals surface area contributed by atoms with E-state index in [1.165, 1.54) is 0 Å². The number of Topliss-reactive ketones (excluding diaryl/α,β-unsaturated/α-hetero) is 1. The number of aryl methyl sites for hydroxylation is 1. The quantitative estimate of drug-likeness (QED) is 0.452. The van der Waals surface area contributed by atoms with Gasteiger partial charge in [-0.1, -0.05) is 12.8 Å². The van der Waals surface area contributed by atoms with Gasteiger partial charge in [0, 0.05) is 24.0 Å². The molecule has 2 atom stereocenters. The van der Waals surface area contributed by atoms with Gasteiger partial charge in [0.15, 0.2) is 6.61 Å². The number of likely N-dealkylation sites (tertiary alicyclic amines) is 1. The largest absolute Gasteiger partial charge is 0.456 e. The van der Waals surface area contributed by atoms with Crippen LogP contribution in [-0.4, -0.2) is 46.2 Å². The maximum Gasteiger partial charge on any atom is 0.326 e. The number of rotatable bonds is 5. The number of ether oxygens (including phenoxy) is 1. The van der Waals surface area contributed by atoms with Crippen LogP contribution in [0.1, 0.15) is 47.4 Å². The van der Waals surface area contributed by atoms with Crippen LogP contribution < -0.4 is 0 Å². The van der Waals surface area contributed by atoms with Gasteiger partial charge in [-0.05, 0) is 32.8 Å². The zero-order chi connectivity index (χ0) is 19.0. The van der Waals surface area contributed by atoms with E-state index in [1.54, 1.807) is 6.07 Å². The fraction of sp³-hybridized carbons (Fsp3) is 0.579. The van der Waals surface area contributed by atoms with Crippen molar-refractivity contribution in [2.45, 2.75) is 39.5 Å². The van der Waals surface area contributed by atoms with Crippen LogP contribution in [0.2, 0.25) is 0 Å². The van der Waals surface area contributed by atoms with Gasteiger partial charge < -0.3 is 9.30 Å². The maximum atomic E-state index is 12.4. The van der Waals surface area contributed by atoms with Gasteiger partial charge in [-0.15, -0.1) is 0 Å². The van der Waals surface area contributed by atoms with Gasteiger partial charge in [0.2, 0.25) is 17.6 Å². The highest BCUT2D eigenvalue weighted by atomic mass is 16.5. The molecule has 1 saturated heterocycles. The molecular weight excluding hydrogens is 336 g/mol. The minimum Gasteiger partial charge on any atom is -0.456 e. The van der Waals surface area contributed by atoms with Gasteiger partial charge in [0.25, 0.3) is 0 Å². The minimum atomic E-state index is -0.732. The van der Waals surface area contributed by atoms with E-state index in [2.05, 4.69) is 0 Å². The average Bonchev–Trinajstić information content (AvgIpc) is 3.03. The molecule has 1 aromatic rings. The summed E-state index contributed by atoms with van der Waals surface area (Å²) >= 11 is 0. The minimum absolute atomic E-state index is 0.280. The summed E-state index contributed by atoms with van der Waals surface area (Å²) in [6, 6.07) is 1.75. The predicted molar refractivity (Wildman–Crippen MR) is 92.3 cm³/mol. The Morgan fingerprint density at radius 2 is 1.69 bits per heavy atom. The van der Waals surface area contributed by atoms with E-state index in [-0.39, 0.29) is 29.4 Å². The summed E-state index contributed by atoms with van der Waals surface area (Å²) in [5, 5.41) is 0. The average molecular weight is 360 g/mol. The molecule has 0 radical (unpaired) electrons. The summed E-state index contributed by atoms with van der Waals surface area (Å²) in [6.45, 7) is 2.90. The normalized spacial score (nSPS) is 22.5. The Morgan fingerprint density at radius 3 is 2.19 bits per heavy atom. The molecule has 0 bridgehead atoms. The molecule has 2 aliphatic rings. The van der Waals surface area contributed by atoms with Crippen LogP contribution >= 0.6 is 0 Å². The Morgan fingerprint density at radius 1 is 1.12 bits per heavy atom. The van der Waals surface area contributed by atoms with Crippen LogP contribution in [0.3, 0.4) is 0 Å². The molecule has 2 heterocycles. The highest BCUT2D eigenvalue weighted by Gasteiger charge is 2.48. The summed E-state index contributed by atoms with van der Waals surface area (Å²) in [7, 11) is 1.86. The highest BCUT2D eigenvalue weighted by molar-refractivity contribution is 6.07. The lowest BCUT2D eigenvalue weighted by atomic mass is 9.81. The molecule has 26 heavy (non-hydrogen) atoms. The smallest absolute Gasteiger partial charge is 0.326 e. The Labute approximate surface area is 152 Å². The van der Waals surface area contributed by atoms with Crippen molar-refractivity contribution in [3.05, 3.63) is 23.0 Å². The van der Waals surface area contributed by atoms with Crippen molar-refractivity contribution in [2.75, 3.05) is 13.2 Å². The Hall–Kier alpha value is -2.44. The number of amides is 2. The Balaban J connectivity index is 1.57. The molecule has 2 fully saturated rings. The van der Waals surface area contributed by atoms with Crippen molar-refractivity contribution in [3.63, 3.8) is 0 Å². The number of carbonyl (C=O) groups is 4. The number of fused-ring (bicyclic) bond motifs is 1. The molecule has 0 unspecified atom stereocenters. The summed E-state index contributed by atoms with van der Waals surface area (Å²) < 4.78 is 6.92. The first-order chi connectivity index (χ1) is 12.3. The van der Waals surface area contributed by atoms with Crippen LogP contribution in [0.5, 0.6) is 0 Å². The third kappa shape index (κ3) is 3.18. The molecular formula is C19H24N2O5. The first-order valence-corrected chi connectivity index (χ1v) is 8.98. The van der Waals surface area contributed by atoms with Crippen molar-refractivity contribution < 1.29 is 23.9 Å². The number of imide groups is 1. The number of hydrogen-bond acceptors (Lipinski definition) is 5. The van der Waals surface area contributed by atoms with Gasteiger partial charge in [0.05, 0.1) is 11.8 Å². The Kier molecular flexibility index (Phi) is 4.98. The van der Waals surface area contributed by atoms with Crippen molar-refractivity contribution >= 4 is 23.6 Å². The van der Waals surface area contributed by atoms with Crippen molar-refractivity contribution in [2.24, 2.45) is 18.9 Å². The number of aromatic nitrogens is 1. The predicted octanol–water partition coefficient (Wildman–Crippen LogP) is 1.54. The Bertz CT molecular complexity index is 755. The van der Waals surface area contributed by atoms with Crippen LogP contribution in [0.15, 0.2) is 6.07 Å². The zero-order valence-corrected chi connectivity index (χ0v) is 15.4. The van der Waals surface area contributed by atoms with Crippen molar-refractivity contribution in [1.82, 2.24) is 9.47 Å². The van der Waals surface area contributed by atoms with E-state index in [0.717, 1.165) is 29.1 Å². The molecule has 1 aliphatic heterocycles. The molecule has 7 heteroatoms. The van der Waals surface area contributed by atoms with Crippen LogP contribution in [0.4, 0.5) is 0 Å². The summed E-state index contributed by atoms with van der Waals surface area (Å²) in [5.41, 5.74) is 2.25. The van der Waals surface area contributed by atoms with E-state index >= 15 is 0 Å². The number of esters is 1. The fourth-order valence-corrected chi connectivity index (χ4v) is 3.92. The first kappa shape index (κ1) is 18.4. The second kappa shape index (κ2) is 7.05. The van der Waals surface area contributed by atoms with Crippen molar-refractivity contribution in [1.29, 1.82) is 0 Å².